The van der Waals surface area contributed by atoms with Crippen LogP contribution in [0.1, 0.15) is 44.6 Å². The number of hydrogen-bond donors (Lipinski definition) is 1. The number of nitrogens with zero attached hydrogens (tertiary/aromatic N) is 1. The molecular weight excluding hydrogens is 172 g/mol. The van der Waals surface area contributed by atoms with Gasteiger partial charge in [0, 0.05) is 35.0 Å². The van der Waals surface area contributed by atoms with Crippen molar-refractivity contribution in [2.45, 2.75) is 45.6 Å². The van der Waals surface area contributed by atoms with Crippen molar-refractivity contribution in [2.24, 2.45) is 4.99 Å². The molecule has 0 spiro atoms. The summed E-state index contributed by atoms with van der Waals surface area (Å²) in [5.41, 5.74) is 4.13. The average molecular weight is 190 g/mol. The summed E-state index contributed by atoms with van der Waals surface area (Å²) < 4.78 is 0. The summed E-state index contributed by atoms with van der Waals surface area (Å²) in [6, 6.07) is 2.65. The SMILES string of the molecule is CC1Cc2[nH]c(C(C)(C)C)cc2C=N1. The van der Waals surface area contributed by atoms with Gasteiger partial charge in [-0.15, -0.1) is 0 Å². The van der Waals surface area contributed by atoms with E-state index in [4.69, 9.17) is 0 Å². The largest absolute Gasteiger partial charge is 0.361 e. The van der Waals surface area contributed by atoms with Crippen LogP contribution in [0.25, 0.3) is 0 Å². The van der Waals surface area contributed by atoms with Crippen molar-refractivity contribution in [3.63, 3.8) is 0 Å². The molecule has 1 N–H and O–H groups in total. The van der Waals surface area contributed by atoms with Gasteiger partial charge in [-0.05, 0) is 13.0 Å². The standard InChI is InChI=1S/C12H18N2/c1-8-5-10-9(7-13-8)6-11(14-10)12(2,3)4/h6-8,14H,5H2,1-4H3. The Balaban J connectivity index is 2.39. The third kappa shape index (κ3) is 1.61. The van der Waals surface area contributed by atoms with Crippen LogP contribution in [0.2, 0.25) is 0 Å². The summed E-state index contributed by atoms with van der Waals surface area (Å²) in [7, 11) is 0. The summed E-state index contributed by atoms with van der Waals surface area (Å²) >= 11 is 0. The second-order valence-electron chi connectivity index (χ2n) is 5.20. The van der Waals surface area contributed by atoms with Gasteiger partial charge in [-0.1, -0.05) is 20.8 Å². The molecule has 2 heterocycles. The molecule has 0 bridgehead atoms. The first-order valence-electron chi connectivity index (χ1n) is 5.22. The molecular formula is C12H18N2. The van der Waals surface area contributed by atoms with Crippen LogP contribution in [-0.4, -0.2) is 17.2 Å². The second-order valence-corrected chi connectivity index (χ2v) is 5.20. The number of rotatable bonds is 0. The smallest absolute Gasteiger partial charge is 0.0526 e. The first-order chi connectivity index (χ1) is 6.47. The quantitative estimate of drug-likeness (QED) is 0.651. The van der Waals surface area contributed by atoms with Gasteiger partial charge in [0.2, 0.25) is 0 Å². The fourth-order valence-corrected chi connectivity index (χ4v) is 1.76. The molecule has 1 atom stereocenters. The average Bonchev–Trinajstić information content (AvgIpc) is 2.45. The van der Waals surface area contributed by atoms with Gasteiger partial charge in [0.25, 0.3) is 0 Å². The van der Waals surface area contributed by atoms with E-state index in [1.165, 1.54) is 17.0 Å². The van der Waals surface area contributed by atoms with Crippen molar-refractivity contribution in [1.82, 2.24) is 4.98 Å². The monoisotopic (exact) mass is 190 g/mol. The predicted molar refractivity (Wildman–Crippen MR) is 60.3 cm³/mol. The highest BCUT2D eigenvalue weighted by Crippen LogP contribution is 2.25. The van der Waals surface area contributed by atoms with Crippen LogP contribution in [0.4, 0.5) is 0 Å². The van der Waals surface area contributed by atoms with E-state index in [-0.39, 0.29) is 5.41 Å². The molecule has 0 aromatic carbocycles. The molecule has 0 saturated carbocycles. The van der Waals surface area contributed by atoms with Crippen LogP contribution in [-0.2, 0) is 11.8 Å². The van der Waals surface area contributed by atoms with Crippen LogP contribution in [0.3, 0.4) is 0 Å². The van der Waals surface area contributed by atoms with Crippen molar-refractivity contribution in [2.75, 3.05) is 0 Å². The Bertz CT molecular complexity index is 366. The zero-order valence-corrected chi connectivity index (χ0v) is 9.39. The Kier molecular flexibility index (Phi) is 2.02. The molecule has 0 fully saturated rings. The first-order valence-corrected chi connectivity index (χ1v) is 5.22. The highest BCUT2D eigenvalue weighted by Gasteiger charge is 2.20. The summed E-state index contributed by atoms with van der Waals surface area (Å²) in [4.78, 5) is 7.93. The number of aromatic amines is 1. The van der Waals surface area contributed by atoms with Crippen LogP contribution in [0, 0.1) is 0 Å². The Hall–Kier alpha value is -1.05. The van der Waals surface area contributed by atoms with Gasteiger partial charge in [-0.25, -0.2) is 0 Å². The van der Waals surface area contributed by atoms with Crippen molar-refractivity contribution in [3.8, 4) is 0 Å². The zero-order valence-electron chi connectivity index (χ0n) is 9.39. The maximum Gasteiger partial charge on any atom is 0.0526 e. The van der Waals surface area contributed by atoms with Gasteiger partial charge >= 0.3 is 0 Å². The molecule has 1 aromatic rings. The molecule has 0 amide bonds. The zero-order chi connectivity index (χ0) is 10.3. The van der Waals surface area contributed by atoms with E-state index in [1.54, 1.807) is 0 Å². The van der Waals surface area contributed by atoms with E-state index in [1.807, 2.05) is 6.21 Å². The molecule has 0 saturated heterocycles. The van der Waals surface area contributed by atoms with E-state index in [2.05, 4.69) is 43.7 Å². The lowest BCUT2D eigenvalue weighted by molar-refractivity contribution is 0.569. The number of hydrogen-bond acceptors (Lipinski definition) is 1. The summed E-state index contributed by atoms with van der Waals surface area (Å²) in [5.74, 6) is 0. The van der Waals surface area contributed by atoms with Gasteiger partial charge in [0.1, 0.15) is 0 Å². The van der Waals surface area contributed by atoms with Gasteiger partial charge in [0.05, 0.1) is 6.04 Å². The minimum atomic E-state index is 0.203. The van der Waals surface area contributed by atoms with E-state index in [0.29, 0.717) is 6.04 Å². The topological polar surface area (TPSA) is 28.1 Å². The third-order valence-corrected chi connectivity index (χ3v) is 2.71. The maximum atomic E-state index is 4.42. The summed E-state index contributed by atoms with van der Waals surface area (Å²) in [5, 5.41) is 0. The minimum absolute atomic E-state index is 0.203. The highest BCUT2D eigenvalue weighted by atomic mass is 14.8. The van der Waals surface area contributed by atoms with Gasteiger partial charge in [0.15, 0.2) is 0 Å². The van der Waals surface area contributed by atoms with Crippen LogP contribution in [0.15, 0.2) is 11.1 Å². The lowest BCUT2D eigenvalue weighted by Gasteiger charge is -2.16. The number of aromatic nitrogens is 1. The fourth-order valence-electron chi connectivity index (χ4n) is 1.76. The van der Waals surface area contributed by atoms with Crippen molar-refractivity contribution < 1.29 is 0 Å². The minimum Gasteiger partial charge on any atom is -0.361 e. The molecule has 1 unspecified atom stereocenters. The molecule has 14 heavy (non-hydrogen) atoms. The molecule has 76 valence electrons. The van der Waals surface area contributed by atoms with Crippen LogP contribution in [0.5, 0.6) is 0 Å². The number of fused-ring (bicyclic) bond motifs is 1. The second kappa shape index (κ2) is 2.97. The molecule has 2 rings (SSSR count). The van der Waals surface area contributed by atoms with Gasteiger partial charge < -0.3 is 4.98 Å². The molecule has 0 aliphatic carbocycles. The van der Waals surface area contributed by atoms with Crippen LogP contribution >= 0.6 is 0 Å². The van der Waals surface area contributed by atoms with E-state index < -0.39 is 0 Å². The molecule has 1 aromatic heterocycles. The van der Waals surface area contributed by atoms with Gasteiger partial charge in [-0.3, -0.25) is 4.99 Å². The lowest BCUT2D eigenvalue weighted by atomic mass is 9.92. The molecule has 2 nitrogen and oxygen atoms in total. The number of H-pyrrole nitrogens is 1. The lowest BCUT2D eigenvalue weighted by Crippen LogP contribution is -2.12. The van der Waals surface area contributed by atoms with E-state index in [0.717, 1.165) is 6.42 Å². The van der Waals surface area contributed by atoms with Crippen molar-refractivity contribution in [1.29, 1.82) is 0 Å². The Morgan fingerprint density at radius 1 is 1.43 bits per heavy atom. The first kappa shape index (κ1) is 9.50. The highest BCUT2D eigenvalue weighted by molar-refractivity contribution is 5.83. The third-order valence-electron chi connectivity index (χ3n) is 2.71. The summed E-state index contributed by atoms with van der Waals surface area (Å²) in [6.07, 6.45) is 3.04. The van der Waals surface area contributed by atoms with Crippen molar-refractivity contribution in [3.05, 3.63) is 23.0 Å². The summed E-state index contributed by atoms with van der Waals surface area (Å²) in [6.45, 7) is 8.83. The van der Waals surface area contributed by atoms with Crippen LogP contribution < -0.4 is 0 Å². The molecule has 1 aliphatic rings. The molecule has 0 radical (unpaired) electrons. The number of nitrogens with one attached hydrogen (secondary N) is 1. The molecule has 2 heteroatoms. The Morgan fingerprint density at radius 3 is 2.79 bits per heavy atom. The Morgan fingerprint density at radius 2 is 2.14 bits per heavy atom. The van der Waals surface area contributed by atoms with Crippen molar-refractivity contribution >= 4 is 6.21 Å². The number of aliphatic imine (C=N–C) groups is 1. The fraction of sp³-hybridized carbons (Fsp3) is 0.583. The van der Waals surface area contributed by atoms with E-state index >= 15 is 0 Å². The predicted octanol–water partition coefficient (Wildman–Crippen LogP) is 2.68. The maximum absolute atomic E-state index is 4.42. The Labute approximate surface area is 85.4 Å². The molecule has 1 aliphatic heterocycles. The van der Waals surface area contributed by atoms with Gasteiger partial charge in [-0.2, -0.15) is 0 Å². The normalized spacial score (nSPS) is 21.0. The van der Waals surface area contributed by atoms with E-state index in [9.17, 15) is 0 Å².